The lowest BCUT2D eigenvalue weighted by atomic mass is 10.0. The second kappa shape index (κ2) is 10.2. The van der Waals surface area contributed by atoms with Crippen molar-refractivity contribution in [3.63, 3.8) is 0 Å². The minimum Gasteiger partial charge on any atom is -0.255 e. The summed E-state index contributed by atoms with van der Waals surface area (Å²) in [4.78, 5) is 4.91. The molecule has 0 aliphatic heterocycles. The Kier molecular flexibility index (Phi) is 6.06. The normalized spacial score (nSPS) is 11.8. The van der Waals surface area contributed by atoms with E-state index in [1.54, 1.807) is 0 Å². The van der Waals surface area contributed by atoms with Crippen molar-refractivity contribution in [2.45, 2.75) is 0 Å². The summed E-state index contributed by atoms with van der Waals surface area (Å²) in [5, 5.41) is 9.28. The zero-order valence-electron chi connectivity index (χ0n) is 22.9. The fourth-order valence-electron chi connectivity index (χ4n) is 6.51. The summed E-state index contributed by atoms with van der Waals surface area (Å²) in [6.07, 6.45) is 2.04. The molecule has 6 aromatic carbocycles. The molecule has 0 N–H and O–H groups in total. The number of fused-ring (bicyclic) bond motifs is 5. The Morgan fingerprint density at radius 3 is 1.57 bits per heavy atom. The van der Waals surface area contributed by atoms with Gasteiger partial charge in [-0.15, -0.1) is 11.3 Å². The zero-order valence-corrected chi connectivity index (χ0v) is 24.8. The molecule has 1 nitrogen and oxygen atoms in total. The molecule has 0 unspecified atom stereocenters. The molecule has 42 heavy (non-hydrogen) atoms. The van der Waals surface area contributed by atoms with Crippen LogP contribution in [0.3, 0.4) is 0 Å². The lowest BCUT2D eigenvalue weighted by Crippen LogP contribution is -2.74. The van der Waals surface area contributed by atoms with E-state index < -0.39 is 8.07 Å². The molecule has 0 saturated carbocycles. The molecule has 0 aliphatic rings. The second-order valence-electron chi connectivity index (χ2n) is 10.8. The summed E-state index contributed by atoms with van der Waals surface area (Å²) in [5.74, 6) is 0. The van der Waals surface area contributed by atoms with Gasteiger partial charge < -0.3 is 0 Å². The van der Waals surface area contributed by atoms with Crippen LogP contribution in [-0.2, 0) is 0 Å². The maximum atomic E-state index is 4.91. The number of benzene rings is 6. The van der Waals surface area contributed by atoms with Gasteiger partial charge in [0.2, 0.25) is 0 Å². The lowest BCUT2D eigenvalue weighted by molar-refractivity contribution is 1.45. The third-order valence-electron chi connectivity index (χ3n) is 8.48. The molecule has 0 radical (unpaired) electrons. The number of hydrogen-bond acceptors (Lipinski definition) is 2. The van der Waals surface area contributed by atoms with Crippen molar-refractivity contribution < 1.29 is 0 Å². The summed E-state index contributed by atoms with van der Waals surface area (Å²) in [6, 6.07) is 57.9. The van der Waals surface area contributed by atoms with E-state index in [1.165, 1.54) is 57.4 Å². The van der Waals surface area contributed by atoms with Gasteiger partial charge >= 0.3 is 0 Å². The van der Waals surface area contributed by atoms with E-state index in [0.717, 1.165) is 5.52 Å². The number of rotatable bonds is 5. The first-order valence-electron chi connectivity index (χ1n) is 14.3. The largest absolute Gasteiger partial charge is 0.255 e. The van der Waals surface area contributed by atoms with Crippen LogP contribution in [0.5, 0.6) is 0 Å². The van der Waals surface area contributed by atoms with Crippen molar-refractivity contribution in [3.8, 4) is 11.1 Å². The Balaban J connectivity index is 1.28. The smallest absolute Gasteiger partial charge is 0.179 e. The molecule has 0 fully saturated rings. The van der Waals surface area contributed by atoms with Crippen molar-refractivity contribution in [2.24, 2.45) is 0 Å². The molecule has 198 valence electrons. The molecule has 0 atom stereocenters. The third kappa shape index (κ3) is 3.93. The highest BCUT2D eigenvalue weighted by Gasteiger charge is 2.41. The van der Waals surface area contributed by atoms with Gasteiger partial charge in [0.05, 0.1) is 5.52 Å². The van der Waals surface area contributed by atoms with E-state index in [0.29, 0.717) is 0 Å². The van der Waals surface area contributed by atoms with Crippen LogP contribution < -0.4 is 20.7 Å². The number of aromatic nitrogens is 1. The highest BCUT2D eigenvalue weighted by atomic mass is 32.1. The fourth-order valence-corrected chi connectivity index (χ4v) is 12.5. The van der Waals surface area contributed by atoms with Crippen LogP contribution in [0.4, 0.5) is 0 Å². The second-order valence-corrected chi connectivity index (χ2v) is 15.6. The first-order chi connectivity index (χ1) is 20.8. The minimum absolute atomic E-state index is 1.04. The summed E-state index contributed by atoms with van der Waals surface area (Å²) in [6.45, 7) is 0. The molecule has 3 heteroatoms. The van der Waals surface area contributed by atoms with Crippen LogP contribution in [0.1, 0.15) is 0 Å². The monoisotopic (exact) mass is 569 g/mol. The molecule has 0 saturated heterocycles. The van der Waals surface area contributed by atoms with E-state index in [4.69, 9.17) is 4.98 Å². The molecule has 0 bridgehead atoms. The van der Waals surface area contributed by atoms with E-state index in [1.807, 2.05) is 17.5 Å². The summed E-state index contributed by atoms with van der Waals surface area (Å²) >= 11 is 1.86. The predicted molar refractivity (Wildman–Crippen MR) is 184 cm³/mol. The molecule has 0 spiro atoms. The summed E-state index contributed by atoms with van der Waals surface area (Å²) in [5.41, 5.74) is 3.43. The van der Waals surface area contributed by atoms with Crippen molar-refractivity contribution in [1.29, 1.82) is 0 Å². The van der Waals surface area contributed by atoms with Gasteiger partial charge in [-0.25, -0.2) is 0 Å². The van der Waals surface area contributed by atoms with Gasteiger partial charge in [-0.2, -0.15) is 0 Å². The van der Waals surface area contributed by atoms with Gasteiger partial charge in [0.15, 0.2) is 8.07 Å². The fraction of sp³-hybridized carbons (Fsp3) is 0. The number of hydrogen-bond donors (Lipinski definition) is 0. The molecular formula is C39H27NSSi. The van der Waals surface area contributed by atoms with E-state index in [9.17, 15) is 0 Å². The molecule has 2 heterocycles. The Morgan fingerprint density at radius 1 is 0.429 bits per heavy atom. The molecule has 8 rings (SSSR count). The number of thiophene rings is 1. The van der Waals surface area contributed by atoms with Crippen molar-refractivity contribution in [3.05, 3.63) is 164 Å². The third-order valence-corrected chi connectivity index (χ3v) is 14.5. The van der Waals surface area contributed by atoms with Gasteiger partial charge in [0, 0.05) is 31.8 Å². The predicted octanol–water partition coefficient (Wildman–Crippen LogP) is 7.65. The lowest BCUT2D eigenvalue weighted by Gasteiger charge is -2.34. The Bertz CT molecular complexity index is 2070. The molecule has 0 aliphatic carbocycles. The van der Waals surface area contributed by atoms with Crippen LogP contribution in [0.25, 0.3) is 42.2 Å². The molecular weight excluding hydrogens is 543 g/mol. The van der Waals surface area contributed by atoms with E-state index in [2.05, 4.69) is 158 Å². The van der Waals surface area contributed by atoms with Gasteiger partial charge in [0.25, 0.3) is 0 Å². The van der Waals surface area contributed by atoms with Crippen LogP contribution in [-0.4, -0.2) is 13.1 Å². The van der Waals surface area contributed by atoms with Gasteiger partial charge in [-0.05, 0) is 44.0 Å². The minimum atomic E-state index is -2.53. The van der Waals surface area contributed by atoms with Crippen molar-refractivity contribution in [1.82, 2.24) is 4.98 Å². The van der Waals surface area contributed by atoms with Crippen LogP contribution >= 0.6 is 11.3 Å². The average Bonchev–Trinajstić information content (AvgIpc) is 3.46. The Labute approximate surface area is 250 Å². The maximum Gasteiger partial charge on any atom is 0.179 e. The van der Waals surface area contributed by atoms with Crippen LogP contribution in [0, 0.1) is 0 Å². The zero-order chi connectivity index (χ0) is 27.9. The van der Waals surface area contributed by atoms with Gasteiger partial charge in [-0.3, -0.25) is 4.98 Å². The quantitative estimate of drug-likeness (QED) is 0.153. The number of nitrogens with zero attached hydrogens (tertiary/aromatic N) is 1. The van der Waals surface area contributed by atoms with Gasteiger partial charge in [0.1, 0.15) is 0 Å². The topological polar surface area (TPSA) is 12.9 Å². The highest BCUT2D eigenvalue weighted by molar-refractivity contribution is 7.26. The van der Waals surface area contributed by atoms with Crippen molar-refractivity contribution >= 4 is 71.2 Å². The molecule has 8 aromatic rings. The molecule has 2 aromatic heterocycles. The van der Waals surface area contributed by atoms with Gasteiger partial charge in [-0.1, -0.05) is 146 Å². The average molecular weight is 570 g/mol. The SMILES string of the molecule is c1ccc([Si](c2ccccc2)(c2ccccc2)c2ccc(-c3ccc4c(c3)ncc3c5ccccc5sc43)cc2)cc1. The van der Waals surface area contributed by atoms with E-state index >= 15 is 0 Å². The summed E-state index contributed by atoms with van der Waals surface area (Å²) < 4.78 is 2.62. The Hall–Kier alpha value is -4.83. The van der Waals surface area contributed by atoms with E-state index in [-0.39, 0.29) is 0 Å². The Morgan fingerprint density at radius 2 is 0.952 bits per heavy atom. The van der Waals surface area contributed by atoms with Crippen LogP contribution in [0.15, 0.2) is 164 Å². The maximum absolute atomic E-state index is 4.91. The standard InChI is InChI=1S/C39H27NSSi/c1-4-12-30(13-5-1)42(31-14-6-2-7-15-31,32-16-8-3-9-17-32)33-23-20-28(21-24-33)29-22-25-35-37(26-29)40-27-36-34-18-10-11-19-38(34)41-39(35)36/h1-27H. The van der Waals surface area contributed by atoms with Crippen molar-refractivity contribution in [2.75, 3.05) is 0 Å². The first kappa shape index (κ1) is 24.9. The first-order valence-corrected chi connectivity index (χ1v) is 17.1. The van der Waals surface area contributed by atoms with Crippen LogP contribution in [0.2, 0.25) is 0 Å². The summed E-state index contributed by atoms with van der Waals surface area (Å²) in [7, 11) is -2.53. The highest BCUT2D eigenvalue weighted by Crippen LogP contribution is 2.38. The molecule has 0 amide bonds. The number of pyridine rings is 1.